The lowest BCUT2D eigenvalue weighted by Gasteiger charge is -2.13. The summed E-state index contributed by atoms with van der Waals surface area (Å²) in [5, 5.41) is 83.1. The maximum absolute atomic E-state index is 11.1. The number of hydrogen-bond acceptors (Lipinski definition) is 31. The van der Waals surface area contributed by atoms with E-state index >= 15 is 0 Å². The van der Waals surface area contributed by atoms with Gasteiger partial charge >= 0.3 is 29.8 Å². The summed E-state index contributed by atoms with van der Waals surface area (Å²) in [6.07, 6.45) is 1.44. The van der Waals surface area contributed by atoms with Crippen LogP contribution in [0.2, 0.25) is 0 Å². The lowest BCUT2D eigenvalue weighted by atomic mass is 10.3. The number of allylic oxidation sites excluding steroid dienone is 1. The van der Waals surface area contributed by atoms with Crippen LogP contribution in [0.25, 0.3) is 0 Å². The molecule has 468 valence electrons. The van der Waals surface area contributed by atoms with Gasteiger partial charge in [0.15, 0.2) is 0 Å². The lowest BCUT2D eigenvalue weighted by molar-refractivity contribution is -0.137. The number of aliphatic imine (C=N–C) groups is 2. The van der Waals surface area contributed by atoms with Crippen LogP contribution in [0, 0.1) is 0 Å². The van der Waals surface area contributed by atoms with Crippen LogP contribution >= 0.6 is 0 Å². The summed E-state index contributed by atoms with van der Waals surface area (Å²) in [5.74, 6) is -2.33. The number of aromatic nitrogens is 12. The van der Waals surface area contributed by atoms with Crippen molar-refractivity contribution in [2.24, 2.45) is 15.7 Å². The predicted molar refractivity (Wildman–Crippen MR) is 322 cm³/mol. The topological polar surface area (TPSA) is 548 Å². The minimum atomic E-state index is -1.01. The third-order valence-corrected chi connectivity index (χ3v) is 9.48. The molecule has 0 aromatic carbocycles. The number of carbonyl (C=O) groups is 5. The Bertz CT molecular complexity index is 2780. The van der Waals surface area contributed by atoms with Gasteiger partial charge in [-0.3, -0.25) is 29.0 Å². The van der Waals surface area contributed by atoms with E-state index in [-0.39, 0.29) is 175 Å². The first-order valence-electron chi connectivity index (χ1n) is 26.9. The lowest BCUT2D eigenvalue weighted by Crippen LogP contribution is -2.22. The van der Waals surface area contributed by atoms with Crippen LogP contribution in [-0.2, 0) is 24.0 Å². The second kappa shape index (κ2) is 41.8. The van der Waals surface area contributed by atoms with Crippen molar-refractivity contribution in [1.29, 1.82) is 0 Å². The second-order valence-corrected chi connectivity index (χ2v) is 17.2. The number of carboxylic acid groups (broad SMARTS) is 5. The number of nitrogens with two attached hydrogens (primary N) is 1. The normalized spacial score (nSPS) is 10.7. The molecule has 4 rings (SSSR count). The van der Waals surface area contributed by atoms with Crippen LogP contribution in [0.1, 0.15) is 79.6 Å². The van der Waals surface area contributed by atoms with E-state index in [1.165, 1.54) is 6.42 Å². The van der Waals surface area contributed by atoms with Gasteiger partial charge in [0.1, 0.15) is 0 Å². The molecule has 4 aromatic heterocycles. The van der Waals surface area contributed by atoms with Crippen LogP contribution in [0.3, 0.4) is 0 Å². The van der Waals surface area contributed by atoms with Crippen LogP contribution in [0.15, 0.2) is 22.3 Å². The van der Waals surface area contributed by atoms with Crippen molar-refractivity contribution in [3.63, 3.8) is 0 Å². The van der Waals surface area contributed by atoms with E-state index in [4.69, 9.17) is 31.3 Å². The van der Waals surface area contributed by atoms with Gasteiger partial charge in [-0.2, -0.15) is 59.8 Å². The molecule has 0 bridgehead atoms. The molecule has 38 nitrogen and oxygen atoms in total. The Labute approximate surface area is 489 Å². The molecule has 0 saturated heterocycles. The van der Waals surface area contributed by atoms with Gasteiger partial charge in [0.2, 0.25) is 77.3 Å². The first-order chi connectivity index (χ1) is 40.7. The molecular weight excluding hydrogens is 1120 g/mol. The van der Waals surface area contributed by atoms with Gasteiger partial charge in [0.05, 0.1) is 38.6 Å². The first-order valence-corrected chi connectivity index (χ1v) is 26.9. The molecule has 0 radical (unpaired) electrons. The van der Waals surface area contributed by atoms with Crippen molar-refractivity contribution in [1.82, 2.24) is 65.1 Å². The van der Waals surface area contributed by atoms with Gasteiger partial charge in [0, 0.05) is 97.0 Å². The number of aliphatic carboxylic acids is 5. The van der Waals surface area contributed by atoms with Crippen LogP contribution < -0.4 is 74.9 Å². The Balaban J connectivity index is 0.00000111. The summed E-state index contributed by atoms with van der Waals surface area (Å²) >= 11 is 0. The standard InChI is InChI=1S/C33H53N25O8.C11H19N3O2.C3H8/c1-35-22-47-23(36-7-2-18(59)60)49-28(48-22)41-12-13-43-30-52-25(38-9-4-20(63)64)53-32(57-30)45-16-17-46-33-55-26(39-10-5-21(65)66)54-31(58-33)44-15-14-42-29-51-24(37-8-3-19(61)62)50-27(56-29)40-11-6-34;1-5-9(4)14-11(13-8(2)3)12-7-6-10(15)16;1-3-2/h2-17,34H2,1H3,(H,59,60)(H,61,62)(H,63,64)(H,65,66)(H3,35,36,41,47,48,49)(H3,37,40,42,50,51,56)(H3,38,43,45,52,53,57)(H3,39,44,46,54,55,58);2,5-7H2,1,3-4H3,(H,12,13)(H,15,16);3H2,1-2H3/b;14-9-;. The maximum atomic E-state index is 11.1. The van der Waals surface area contributed by atoms with Gasteiger partial charge < -0.3 is 100 Å². The fraction of sp³-hybridized carbons (Fsp3) is 0.553. The Morgan fingerprint density at radius 3 is 0.859 bits per heavy atom. The Hall–Kier alpha value is -10.2. The van der Waals surface area contributed by atoms with Gasteiger partial charge in [-0.25, -0.2) is 4.99 Å². The fourth-order valence-corrected chi connectivity index (χ4v) is 5.65. The minimum absolute atomic E-state index is 0.00205. The molecule has 0 aliphatic carbocycles. The van der Waals surface area contributed by atoms with Crippen LogP contribution in [0.4, 0.5) is 71.4 Å². The zero-order valence-corrected chi connectivity index (χ0v) is 48.5. The molecule has 38 heteroatoms. The number of nitrogens with zero attached hydrogens (tertiary/aromatic N) is 14. The number of guanidine groups is 1. The molecule has 0 aliphatic heterocycles. The molecule has 0 spiro atoms. The molecule has 0 fully saturated rings. The monoisotopic (exact) mass is 1200 g/mol. The van der Waals surface area contributed by atoms with E-state index in [0.717, 1.165) is 17.8 Å². The SMILES string of the molecule is C=C(C)NC(=NCCC(=O)O)/N=C(/C)CC.CCC.CNc1nc(NCCNc2nc(NCCNc3nc(NCCNc4nc(NCCN)nc(NCCC(=O)O)n4)nc(NCCC(=O)O)n3)nc(NCCC(=O)O)n2)nc(NCCC(=O)O)n1. The number of hydrogen-bond donors (Lipinski definition) is 19. The summed E-state index contributed by atoms with van der Waals surface area (Å²) in [6.45, 7) is 16.4. The highest BCUT2D eigenvalue weighted by atomic mass is 16.4. The van der Waals surface area contributed by atoms with Gasteiger partial charge in [-0.1, -0.05) is 33.8 Å². The third-order valence-electron chi connectivity index (χ3n) is 9.48. The fourth-order valence-electron chi connectivity index (χ4n) is 5.65. The zero-order chi connectivity index (χ0) is 62.8. The molecule has 4 aromatic rings. The Morgan fingerprint density at radius 1 is 0.412 bits per heavy atom. The zero-order valence-electron chi connectivity index (χ0n) is 48.5. The Kier molecular flexibility index (Phi) is 34.9. The summed E-state index contributed by atoms with van der Waals surface area (Å²) < 4.78 is 0. The van der Waals surface area contributed by atoms with E-state index in [1.807, 2.05) is 13.8 Å². The smallest absolute Gasteiger partial charge is 0.305 e. The highest BCUT2D eigenvalue weighted by Crippen LogP contribution is 2.14. The van der Waals surface area contributed by atoms with E-state index in [0.29, 0.717) is 19.0 Å². The van der Waals surface area contributed by atoms with E-state index in [2.05, 4.69) is 159 Å². The predicted octanol–water partition coefficient (Wildman–Crippen LogP) is 1.18. The molecular formula is C47H80N28O10. The molecule has 0 unspecified atom stereocenters. The van der Waals surface area contributed by atoms with Crippen LogP contribution in [0.5, 0.6) is 0 Å². The molecule has 0 saturated carbocycles. The van der Waals surface area contributed by atoms with Crippen molar-refractivity contribution in [2.75, 3.05) is 156 Å². The van der Waals surface area contributed by atoms with Gasteiger partial charge in [0.25, 0.3) is 0 Å². The molecule has 20 N–H and O–H groups in total. The average molecular weight is 1200 g/mol. The minimum Gasteiger partial charge on any atom is -0.481 e. The highest BCUT2D eigenvalue weighted by Gasteiger charge is 2.13. The molecule has 0 atom stereocenters. The number of rotatable bonds is 40. The largest absolute Gasteiger partial charge is 0.481 e. The van der Waals surface area contributed by atoms with Crippen molar-refractivity contribution in [3.05, 3.63) is 12.3 Å². The van der Waals surface area contributed by atoms with Crippen molar-refractivity contribution in [2.45, 2.75) is 79.6 Å². The van der Waals surface area contributed by atoms with Crippen LogP contribution in [-0.4, -0.2) is 219 Å². The molecule has 85 heavy (non-hydrogen) atoms. The first kappa shape index (κ1) is 70.9. The van der Waals surface area contributed by atoms with Gasteiger partial charge in [-0.15, -0.1) is 0 Å². The Morgan fingerprint density at radius 2 is 0.647 bits per heavy atom. The number of anilines is 12. The van der Waals surface area contributed by atoms with Crippen molar-refractivity contribution in [3.8, 4) is 0 Å². The molecule has 4 heterocycles. The molecule has 0 aliphatic rings. The third kappa shape index (κ3) is 34.7. The van der Waals surface area contributed by atoms with Gasteiger partial charge in [-0.05, 0) is 20.3 Å². The summed E-state index contributed by atoms with van der Waals surface area (Å²) in [5.41, 5.74) is 7.24. The molecule has 0 amide bonds. The van der Waals surface area contributed by atoms with Crippen molar-refractivity contribution < 1.29 is 49.5 Å². The quantitative estimate of drug-likeness (QED) is 0.0169. The summed E-state index contributed by atoms with van der Waals surface area (Å²) in [7, 11) is 1.63. The van der Waals surface area contributed by atoms with Crippen molar-refractivity contribution >= 4 is 113 Å². The summed E-state index contributed by atoms with van der Waals surface area (Å²) in [6, 6.07) is 0. The van der Waals surface area contributed by atoms with E-state index in [9.17, 15) is 24.0 Å². The second-order valence-electron chi connectivity index (χ2n) is 17.2. The van der Waals surface area contributed by atoms with E-state index in [1.54, 1.807) is 14.0 Å². The average Bonchev–Trinajstić information content (AvgIpc) is 3.47. The highest BCUT2D eigenvalue weighted by molar-refractivity contribution is 5.96. The summed E-state index contributed by atoms with van der Waals surface area (Å²) in [4.78, 5) is 114. The van der Waals surface area contributed by atoms with E-state index < -0.39 is 29.8 Å². The number of nitrogens with one attached hydrogen (secondary N) is 13. The maximum Gasteiger partial charge on any atom is 0.305 e. The number of carboxylic acids is 5.